The largest absolute Gasteiger partial charge is 0.470 e. The number of hydrogen-bond acceptors (Lipinski definition) is 4. The van der Waals surface area contributed by atoms with Crippen molar-refractivity contribution < 1.29 is 4.74 Å². The molecule has 0 saturated heterocycles. The second-order valence-electron chi connectivity index (χ2n) is 5.62. The number of anilines is 2. The number of rotatable bonds is 3. The fourth-order valence-electron chi connectivity index (χ4n) is 1.66. The van der Waals surface area contributed by atoms with E-state index in [0.717, 1.165) is 5.82 Å². The topological polar surface area (TPSA) is 51.4 Å². The summed E-state index contributed by atoms with van der Waals surface area (Å²) in [4.78, 5) is 6.69. The van der Waals surface area contributed by atoms with Gasteiger partial charge >= 0.3 is 0 Å². The van der Waals surface area contributed by atoms with E-state index in [4.69, 9.17) is 10.5 Å². The number of nitrogens with zero attached hydrogens (tertiary/aromatic N) is 2. The lowest BCUT2D eigenvalue weighted by molar-refractivity contribution is 0.125. The molecule has 1 saturated carbocycles. The SMILES string of the molecule is CN(c1ccc(N)c(OC(C)(C)C)n1)C1CC1. The molecule has 2 rings (SSSR count). The molecule has 1 aliphatic carbocycles. The fourth-order valence-corrected chi connectivity index (χ4v) is 1.66. The van der Waals surface area contributed by atoms with E-state index < -0.39 is 0 Å². The van der Waals surface area contributed by atoms with Gasteiger partial charge in [0.1, 0.15) is 11.4 Å². The molecule has 0 unspecified atom stereocenters. The average molecular weight is 235 g/mol. The molecule has 1 aromatic heterocycles. The van der Waals surface area contributed by atoms with E-state index in [1.54, 1.807) is 0 Å². The van der Waals surface area contributed by atoms with Crippen molar-refractivity contribution in [1.82, 2.24) is 4.98 Å². The summed E-state index contributed by atoms with van der Waals surface area (Å²) >= 11 is 0. The van der Waals surface area contributed by atoms with E-state index in [0.29, 0.717) is 17.6 Å². The third-order valence-electron chi connectivity index (χ3n) is 2.73. The van der Waals surface area contributed by atoms with Crippen LogP contribution in [0.3, 0.4) is 0 Å². The molecule has 0 amide bonds. The van der Waals surface area contributed by atoms with Crippen LogP contribution in [0.5, 0.6) is 5.88 Å². The third-order valence-corrected chi connectivity index (χ3v) is 2.73. The second kappa shape index (κ2) is 4.09. The van der Waals surface area contributed by atoms with Gasteiger partial charge in [-0.2, -0.15) is 4.98 Å². The first kappa shape index (κ1) is 12.0. The monoisotopic (exact) mass is 235 g/mol. The van der Waals surface area contributed by atoms with Gasteiger partial charge in [-0.15, -0.1) is 0 Å². The zero-order valence-corrected chi connectivity index (χ0v) is 11.0. The highest BCUT2D eigenvalue weighted by molar-refractivity contribution is 5.55. The van der Waals surface area contributed by atoms with Crippen molar-refractivity contribution in [2.24, 2.45) is 0 Å². The first-order valence-electron chi connectivity index (χ1n) is 6.05. The Hall–Kier alpha value is -1.45. The van der Waals surface area contributed by atoms with Gasteiger partial charge in [0.15, 0.2) is 0 Å². The Morgan fingerprint density at radius 1 is 1.35 bits per heavy atom. The lowest BCUT2D eigenvalue weighted by atomic mass is 10.2. The first-order valence-corrected chi connectivity index (χ1v) is 6.05. The van der Waals surface area contributed by atoms with Crippen LogP contribution in [0, 0.1) is 0 Å². The van der Waals surface area contributed by atoms with Crippen LogP contribution >= 0.6 is 0 Å². The van der Waals surface area contributed by atoms with Crippen LogP contribution in [0.2, 0.25) is 0 Å². The lowest BCUT2D eigenvalue weighted by Gasteiger charge is -2.23. The Kier molecular flexibility index (Phi) is 2.89. The van der Waals surface area contributed by atoms with Crippen LogP contribution < -0.4 is 15.4 Å². The molecule has 94 valence electrons. The highest BCUT2D eigenvalue weighted by atomic mass is 16.5. The van der Waals surface area contributed by atoms with Crippen LogP contribution in [-0.4, -0.2) is 23.7 Å². The summed E-state index contributed by atoms with van der Waals surface area (Å²) in [6, 6.07) is 4.44. The molecule has 1 aromatic rings. The Balaban J connectivity index is 2.22. The Labute approximate surface area is 103 Å². The Morgan fingerprint density at radius 3 is 2.53 bits per heavy atom. The van der Waals surface area contributed by atoms with Crippen LogP contribution in [0.1, 0.15) is 33.6 Å². The van der Waals surface area contributed by atoms with Gasteiger partial charge in [-0.05, 0) is 45.7 Å². The van der Waals surface area contributed by atoms with E-state index in [1.807, 2.05) is 32.9 Å². The van der Waals surface area contributed by atoms with Crippen molar-refractivity contribution in [1.29, 1.82) is 0 Å². The molecule has 0 aliphatic heterocycles. The Morgan fingerprint density at radius 2 is 2.00 bits per heavy atom. The molecule has 4 heteroatoms. The molecule has 1 aliphatic rings. The summed E-state index contributed by atoms with van der Waals surface area (Å²) in [5.41, 5.74) is 6.19. The number of ether oxygens (including phenoxy) is 1. The van der Waals surface area contributed by atoms with Crippen molar-refractivity contribution >= 4 is 11.5 Å². The number of nitrogens with two attached hydrogens (primary N) is 1. The summed E-state index contributed by atoms with van der Waals surface area (Å²) in [5, 5.41) is 0. The van der Waals surface area contributed by atoms with Crippen LogP contribution in [0.15, 0.2) is 12.1 Å². The number of hydrogen-bond donors (Lipinski definition) is 1. The van der Waals surface area contributed by atoms with Crippen LogP contribution in [0.4, 0.5) is 11.5 Å². The van der Waals surface area contributed by atoms with Gasteiger partial charge in [-0.3, -0.25) is 0 Å². The molecule has 0 aromatic carbocycles. The highest BCUT2D eigenvalue weighted by Gasteiger charge is 2.27. The maximum atomic E-state index is 5.88. The average Bonchev–Trinajstić information content (AvgIpc) is 3.01. The highest BCUT2D eigenvalue weighted by Crippen LogP contribution is 2.32. The smallest absolute Gasteiger partial charge is 0.239 e. The van der Waals surface area contributed by atoms with E-state index in [1.165, 1.54) is 12.8 Å². The van der Waals surface area contributed by atoms with Gasteiger partial charge in [0.25, 0.3) is 0 Å². The van der Waals surface area contributed by atoms with E-state index in [9.17, 15) is 0 Å². The quantitative estimate of drug-likeness (QED) is 0.874. The molecule has 17 heavy (non-hydrogen) atoms. The lowest BCUT2D eigenvalue weighted by Crippen LogP contribution is -2.25. The molecular formula is C13H21N3O. The minimum Gasteiger partial charge on any atom is -0.470 e. The predicted molar refractivity (Wildman–Crippen MR) is 70.5 cm³/mol. The van der Waals surface area contributed by atoms with Crippen molar-refractivity contribution in [2.45, 2.75) is 45.3 Å². The van der Waals surface area contributed by atoms with Crippen LogP contribution in [-0.2, 0) is 0 Å². The molecule has 0 atom stereocenters. The Bertz CT molecular complexity index is 408. The molecule has 0 bridgehead atoms. The van der Waals surface area contributed by atoms with E-state index in [-0.39, 0.29) is 5.60 Å². The standard InChI is InChI=1S/C13H21N3O/c1-13(2,3)17-12-10(14)7-8-11(15-12)16(4)9-5-6-9/h7-9H,5-6,14H2,1-4H3. The molecular weight excluding hydrogens is 214 g/mol. The molecule has 0 radical (unpaired) electrons. The van der Waals surface area contributed by atoms with Crippen LogP contribution in [0.25, 0.3) is 0 Å². The fraction of sp³-hybridized carbons (Fsp3) is 0.615. The minimum atomic E-state index is -0.280. The second-order valence-corrected chi connectivity index (χ2v) is 5.62. The van der Waals surface area contributed by atoms with Gasteiger partial charge in [-0.25, -0.2) is 0 Å². The van der Waals surface area contributed by atoms with Gasteiger partial charge in [-0.1, -0.05) is 0 Å². The zero-order chi connectivity index (χ0) is 12.6. The van der Waals surface area contributed by atoms with E-state index in [2.05, 4.69) is 16.9 Å². The van der Waals surface area contributed by atoms with Gasteiger partial charge in [0, 0.05) is 13.1 Å². The maximum Gasteiger partial charge on any atom is 0.239 e. The molecule has 0 spiro atoms. The van der Waals surface area contributed by atoms with Crippen molar-refractivity contribution in [2.75, 3.05) is 17.7 Å². The zero-order valence-electron chi connectivity index (χ0n) is 11.0. The summed E-state index contributed by atoms with van der Waals surface area (Å²) < 4.78 is 5.76. The summed E-state index contributed by atoms with van der Waals surface area (Å²) in [6.45, 7) is 5.97. The third kappa shape index (κ3) is 3.02. The molecule has 1 heterocycles. The summed E-state index contributed by atoms with van der Waals surface area (Å²) in [5.74, 6) is 1.46. The van der Waals surface area contributed by atoms with Crippen molar-refractivity contribution in [3.05, 3.63) is 12.1 Å². The van der Waals surface area contributed by atoms with Gasteiger partial charge in [0.2, 0.25) is 5.88 Å². The summed E-state index contributed by atoms with van der Waals surface area (Å²) in [6.07, 6.45) is 2.50. The van der Waals surface area contributed by atoms with Gasteiger partial charge < -0.3 is 15.4 Å². The number of aromatic nitrogens is 1. The van der Waals surface area contributed by atoms with Crippen molar-refractivity contribution in [3.8, 4) is 5.88 Å². The minimum absolute atomic E-state index is 0.280. The molecule has 1 fully saturated rings. The number of pyridine rings is 1. The van der Waals surface area contributed by atoms with E-state index >= 15 is 0 Å². The maximum absolute atomic E-state index is 5.88. The normalized spacial score (nSPS) is 15.8. The predicted octanol–water partition coefficient (Wildman–Crippen LogP) is 2.44. The number of nitrogen functional groups attached to an aromatic ring is 1. The van der Waals surface area contributed by atoms with Crippen molar-refractivity contribution in [3.63, 3.8) is 0 Å². The van der Waals surface area contributed by atoms with Gasteiger partial charge in [0.05, 0.1) is 5.69 Å². The first-order chi connectivity index (χ1) is 7.87. The summed E-state index contributed by atoms with van der Waals surface area (Å²) in [7, 11) is 2.07. The molecule has 4 nitrogen and oxygen atoms in total. The molecule has 2 N–H and O–H groups in total.